The summed E-state index contributed by atoms with van der Waals surface area (Å²) < 4.78 is 5.66. The Labute approximate surface area is 117 Å². The maximum atomic E-state index is 11.5. The van der Waals surface area contributed by atoms with E-state index in [2.05, 4.69) is 26.6 Å². The van der Waals surface area contributed by atoms with Crippen molar-refractivity contribution >= 4 is 45.2 Å². The Hall–Kier alpha value is -1.60. The summed E-state index contributed by atoms with van der Waals surface area (Å²) >= 11 is 8.16. The highest BCUT2D eigenvalue weighted by molar-refractivity contribution is 9.10. The zero-order chi connectivity index (χ0) is 13.3. The molecule has 18 heavy (non-hydrogen) atoms. The molecule has 2 rings (SSSR count). The molecule has 1 aliphatic heterocycles. The molecule has 1 aromatic rings. The zero-order valence-corrected chi connectivity index (χ0v) is 11.7. The Morgan fingerprint density at radius 2 is 2.17 bits per heavy atom. The monoisotopic (exact) mass is 328 g/mol. The van der Waals surface area contributed by atoms with Crippen LogP contribution in [0.4, 0.5) is 0 Å². The number of nitrogens with one attached hydrogen (secondary N) is 2. The van der Waals surface area contributed by atoms with Crippen LogP contribution in [0.3, 0.4) is 0 Å². The van der Waals surface area contributed by atoms with Crippen LogP contribution in [-0.4, -0.2) is 23.2 Å². The summed E-state index contributed by atoms with van der Waals surface area (Å²) in [6.45, 7) is 0. The average molecular weight is 329 g/mol. The number of carbonyl (C=O) groups excluding carboxylic acids is 1. The van der Waals surface area contributed by atoms with Crippen molar-refractivity contribution in [3.05, 3.63) is 27.9 Å². The van der Waals surface area contributed by atoms with Gasteiger partial charge in [0.05, 0.1) is 7.11 Å². The van der Waals surface area contributed by atoms with Gasteiger partial charge in [0, 0.05) is 4.47 Å². The van der Waals surface area contributed by atoms with E-state index in [0.717, 1.165) is 0 Å². The van der Waals surface area contributed by atoms with Crippen LogP contribution < -0.4 is 15.4 Å². The van der Waals surface area contributed by atoms with Gasteiger partial charge in [0.25, 0.3) is 5.91 Å². The van der Waals surface area contributed by atoms with E-state index < -0.39 is 0 Å². The zero-order valence-electron chi connectivity index (χ0n) is 9.28. The molecule has 7 heteroatoms. The second-order valence-electron chi connectivity index (χ2n) is 3.51. The van der Waals surface area contributed by atoms with E-state index in [9.17, 15) is 9.90 Å². The molecule has 1 aliphatic rings. The number of amides is 1. The summed E-state index contributed by atoms with van der Waals surface area (Å²) in [6.07, 6.45) is 1.58. The molecule has 0 aromatic heterocycles. The Balaban J connectivity index is 2.41. The maximum absolute atomic E-state index is 11.5. The van der Waals surface area contributed by atoms with Crippen LogP contribution >= 0.6 is 28.1 Å². The fourth-order valence-corrected chi connectivity index (χ4v) is 2.11. The SMILES string of the molecule is COc1cc(Br)c(/C=C2\NC(=S)NC2=O)cc1O. The van der Waals surface area contributed by atoms with Crippen LogP contribution in [0.1, 0.15) is 5.56 Å². The van der Waals surface area contributed by atoms with Crippen molar-refractivity contribution in [1.29, 1.82) is 0 Å². The molecule has 0 aliphatic carbocycles. The van der Waals surface area contributed by atoms with E-state index in [4.69, 9.17) is 17.0 Å². The summed E-state index contributed by atoms with van der Waals surface area (Å²) in [7, 11) is 1.46. The highest BCUT2D eigenvalue weighted by Gasteiger charge is 2.20. The van der Waals surface area contributed by atoms with Crippen molar-refractivity contribution in [2.45, 2.75) is 0 Å². The van der Waals surface area contributed by atoms with Crippen LogP contribution in [-0.2, 0) is 4.79 Å². The molecule has 0 saturated carbocycles. The topological polar surface area (TPSA) is 70.6 Å². The quantitative estimate of drug-likeness (QED) is 0.567. The molecular weight excluding hydrogens is 320 g/mol. The second-order valence-corrected chi connectivity index (χ2v) is 4.77. The summed E-state index contributed by atoms with van der Waals surface area (Å²) in [4.78, 5) is 11.5. The lowest BCUT2D eigenvalue weighted by molar-refractivity contribution is -0.115. The van der Waals surface area contributed by atoms with Crippen LogP contribution in [0, 0.1) is 0 Å². The van der Waals surface area contributed by atoms with Crippen LogP contribution in [0.2, 0.25) is 0 Å². The number of ether oxygens (including phenoxy) is 1. The first-order valence-corrected chi connectivity index (χ1v) is 6.12. The van der Waals surface area contributed by atoms with Gasteiger partial charge in [-0.3, -0.25) is 10.1 Å². The number of methoxy groups -OCH3 is 1. The second kappa shape index (κ2) is 4.95. The van der Waals surface area contributed by atoms with Gasteiger partial charge < -0.3 is 15.2 Å². The first-order chi connectivity index (χ1) is 8.51. The third-order valence-corrected chi connectivity index (χ3v) is 3.21. The first kappa shape index (κ1) is 12.8. The first-order valence-electron chi connectivity index (χ1n) is 4.92. The molecule has 5 nitrogen and oxygen atoms in total. The Bertz CT molecular complexity index is 572. The van der Waals surface area contributed by atoms with Gasteiger partial charge in [-0.25, -0.2) is 0 Å². The minimum Gasteiger partial charge on any atom is -0.504 e. The highest BCUT2D eigenvalue weighted by Crippen LogP contribution is 2.33. The number of rotatable bonds is 2. The van der Waals surface area contributed by atoms with Crippen LogP contribution in [0.25, 0.3) is 6.08 Å². The van der Waals surface area contributed by atoms with Gasteiger partial charge in [-0.1, -0.05) is 15.9 Å². The minimum atomic E-state index is -0.304. The Morgan fingerprint density at radius 3 is 2.72 bits per heavy atom. The lowest BCUT2D eigenvalue weighted by Gasteiger charge is -2.06. The van der Waals surface area contributed by atoms with E-state index in [1.54, 1.807) is 12.1 Å². The van der Waals surface area contributed by atoms with Crippen molar-refractivity contribution in [1.82, 2.24) is 10.6 Å². The van der Waals surface area contributed by atoms with Crippen molar-refractivity contribution in [3.63, 3.8) is 0 Å². The van der Waals surface area contributed by atoms with Gasteiger partial charge in [0.15, 0.2) is 16.6 Å². The molecule has 1 aromatic carbocycles. The molecule has 0 unspecified atom stereocenters. The molecule has 0 radical (unpaired) electrons. The van der Waals surface area contributed by atoms with E-state index in [1.165, 1.54) is 13.2 Å². The summed E-state index contributed by atoms with van der Waals surface area (Å²) in [5, 5.41) is 15.1. The normalized spacial score (nSPS) is 16.7. The van der Waals surface area contributed by atoms with Gasteiger partial charge in [-0.2, -0.15) is 0 Å². The number of hydrogen-bond donors (Lipinski definition) is 3. The third-order valence-electron chi connectivity index (χ3n) is 2.32. The van der Waals surface area contributed by atoms with Crippen molar-refractivity contribution in [2.75, 3.05) is 7.11 Å². The number of carbonyl (C=O) groups is 1. The number of phenolic OH excluding ortho intramolecular Hbond substituents is 1. The lowest BCUT2D eigenvalue weighted by Crippen LogP contribution is -2.21. The summed E-state index contributed by atoms with van der Waals surface area (Å²) in [5.41, 5.74) is 0.959. The van der Waals surface area contributed by atoms with E-state index in [-0.39, 0.29) is 16.8 Å². The number of hydrogen-bond acceptors (Lipinski definition) is 4. The molecule has 3 N–H and O–H groups in total. The molecule has 0 bridgehead atoms. The number of halogens is 1. The minimum absolute atomic E-state index is 0.00599. The predicted octanol–water partition coefficient (Wildman–Crippen LogP) is 1.51. The van der Waals surface area contributed by atoms with E-state index >= 15 is 0 Å². The fraction of sp³-hybridized carbons (Fsp3) is 0.0909. The molecule has 1 heterocycles. The van der Waals surface area contributed by atoms with Crippen LogP contribution in [0.5, 0.6) is 11.5 Å². The Kier molecular flexibility index (Phi) is 3.53. The van der Waals surface area contributed by atoms with Crippen molar-refractivity contribution in [2.24, 2.45) is 0 Å². The van der Waals surface area contributed by atoms with Gasteiger partial charge in [0.2, 0.25) is 0 Å². The van der Waals surface area contributed by atoms with Gasteiger partial charge in [0.1, 0.15) is 5.70 Å². The van der Waals surface area contributed by atoms with E-state index in [0.29, 0.717) is 21.5 Å². The standard InChI is InChI=1S/C11H9BrN2O3S/c1-17-9-4-6(12)5(3-8(9)15)2-7-10(16)14-11(18)13-7/h2-4,15H,1H3,(H2,13,14,16,18)/b7-2-. The van der Waals surface area contributed by atoms with E-state index in [1.807, 2.05) is 0 Å². The number of benzene rings is 1. The summed E-state index contributed by atoms with van der Waals surface area (Å²) in [5.74, 6) is 0.0408. The molecular formula is C11H9BrN2O3S. The van der Waals surface area contributed by atoms with Crippen molar-refractivity contribution in [3.8, 4) is 11.5 Å². The molecule has 1 amide bonds. The van der Waals surface area contributed by atoms with Crippen LogP contribution in [0.15, 0.2) is 22.3 Å². The highest BCUT2D eigenvalue weighted by atomic mass is 79.9. The average Bonchev–Trinajstić information content (AvgIpc) is 2.62. The number of aromatic hydroxyl groups is 1. The molecule has 1 fully saturated rings. The van der Waals surface area contributed by atoms with Gasteiger partial charge >= 0.3 is 0 Å². The molecule has 1 saturated heterocycles. The van der Waals surface area contributed by atoms with Crippen molar-refractivity contribution < 1.29 is 14.6 Å². The number of phenols is 1. The fourth-order valence-electron chi connectivity index (χ4n) is 1.47. The van der Waals surface area contributed by atoms with Gasteiger partial charge in [-0.15, -0.1) is 0 Å². The molecule has 94 valence electrons. The summed E-state index contributed by atoms with van der Waals surface area (Å²) in [6, 6.07) is 3.11. The van der Waals surface area contributed by atoms with Gasteiger partial charge in [-0.05, 0) is 36.0 Å². The Morgan fingerprint density at radius 1 is 1.44 bits per heavy atom. The molecule has 0 atom stereocenters. The maximum Gasteiger partial charge on any atom is 0.273 e. The number of thiocarbonyl (C=S) groups is 1. The largest absolute Gasteiger partial charge is 0.504 e. The smallest absolute Gasteiger partial charge is 0.273 e. The molecule has 0 spiro atoms. The predicted molar refractivity (Wildman–Crippen MR) is 74.2 cm³/mol. The third kappa shape index (κ3) is 2.46. The lowest BCUT2D eigenvalue weighted by atomic mass is 10.1.